The van der Waals surface area contributed by atoms with Crippen LogP contribution < -0.4 is 25.2 Å². The molecule has 4 aliphatic rings. The Morgan fingerprint density at radius 1 is 0.946 bits per heavy atom. The number of benzene rings is 1. The van der Waals surface area contributed by atoms with Crippen LogP contribution in [-0.2, 0) is 4.79 Å². The summed E-state index contributed by atoms with van der Waals surface area (Å²) < 4.78 is 8.16. The summed E-state index contributed by atoms with van der Waals surface area (Å²) in [5.74, 6) is 2.12. The van der Waals surface area contributed by atoms with Crippen LogP contribution in [0.3, 0.4) is 0 Å². The quantitative estimate of drug-likeness (QED) is 0.225. The van der Waals surface area contributed by atoms with Gasteiger partial charge in [-0.3, -0.25) is 24.5 Å². The zero-order valence-electron chi connectivity index (χ0n) is 31.0. The molecule has 17 heteroatoms. The number of nitrogens with one attached hydrogen (secondary N) is 2. The number of hydrogen-bond donors (Lipinski definition) is 2. The highest BCUT2D eigenvalue weighted by atomic mass is 35.5. The van der Waals surface area contributed by atoms with Gasteiger partial charge in [-0.1, -0.05) is 11.6 Å². The number of pyridine rings is 1. The molecule has 1 saturated carbocycles. The lowest BCUT2D eigenvalue weighted by molar-refractivity contribution is -0.120. The molecule has 4 aromatic rings. The lowest BCUT2D eigenvalue weighted by atomic mass is 9.93. The summed E-state index contributed by atoms with van der Waals surface area (Å²) in [7, 11) is 0. The maximum Gasteiger partial charge on any atom is 0.329 e. The van der Waals surface area contributed by atoms with Crippen LogP contribution in [-0.4, -0.2) is 98.9 Å². The first-order chi connectivity index (χ1) is 26.8. The number of hydrogen-bond acceptors (Lipinski definition) is 11. The van der Waals surface area contributed by atoms with Gasteiger partial charge in [0.25, 0.3) is 5.91 Å². The summed E-state index contributed by atoms with van der Waals surface area (Å²) in [6.07, 6.45) is 14.4. The summed E-state index contributed by atoms with van der Waals surface area (Å²) in [5, 5.41) is 20.5. The largest absolute Gasteiger partial charge is 0.490 e. The van der Waals surface area contributed by atoms with Crippen molar-refractivity contribution in [2.24, 2.45) is 5.92 Å². The lowest BCUT2D eigenvalue weighted by Crippen LogP contribution is -2.49. The van der Waals surface area contributed by atoms with Crippen LogP contribution in [0, 0.1) is 17.2 Å². The summed E-state index contributed by atoms with van der Waals surface area (Å²) in [6, 6.07) is 8.99. The Bertz CT molecular complexity index is 2080. The first-order valence-electron chi connectivity index (χ1n) is 19.2. The minimum Gasteiger partial charge on any atom is -0.490 e. The monoisotopic (exact) mass is 801 g/mol. The highest BCUT2D eigenvalue weighted by molar-refractivity contribution is 6.31. The number of likely N-dealkylation sites (tertiary alicyclic amines) is 1. The van der Waals surface area contributed by atoms with E-state index >= 15 is 0 Å². The van der Waals surface area contributed by atoms with Crippen LogP contribution in [0.5, 0.6) is 5.75 Å². The zero-order chi connectivity index (χ0) is 37.9. The van der Waals surface area contributed by atoms with Gasteiger partial charge >= 0.3 is 6.03 Å². The van der Waals surface area contributed by atoms with Crippen LogP contribution in [0.15, 0.2) is 49.1 Å². The number of piperidine rings is 2. The molecule has 4 amide bonds. The van der Waals surface area contributed by atoms with Gasteiger partial charge in [-0.15, -0.1) is 12.4 Å². The van der Waals surface area contributed by atoms with E-state index in [1.807, 2.05) is 6.07 Å². The number of anilines is 2. The summed E-state index contributed by atoms with van der Waals surface area (Å²) in [6.45, 7) is 5.18. The number of ether oxygens (including phenoxy) is 1. The van der Waals surface area contributed by atoms with E-state index in [4.69, 9.17) is 26.7 Å². The molecule has 0 atom stereocenters. The Kier molecular flexibility index (Phi) is 12.2. The number of aromatic nitrogens is 5. The van der Waals surface area contributed by atoms with Crippen molar-refractivity contribution in [3.8, 4) is 11.8 Å². The van der Waals surface area contributed by atoms with Crippen LogP contribution in [0.1, 0.15) is 79.9 Å². The predicted molar refractivity (Wildman–Crippen MR) is 212 cm³/mol. The second-order valence-electron chi connectivity index (χ2n) is 15.0. The van der Waals surface area contributed by atoms with Crippen LogP contribution in [0.2, 0.25) is 5.02 Å². The number of halogens is 2. The van der Waals surface area contributed by atoms with Gasteiger partial charge in [-0.2, -0.15) is 10.4 Å². The summed E-state index contributed by atoms with van der Waals surface area (Å²) in [5.41, 5.74) is 1.70. The van der Waals surface area contributed by atoms with Gasteiger partial charge in [0.2, 0.25) is 5.91 Å². The number of nitrogens with zero attached hydrogens (tertiary/aromatic N) is 9. The van der Waals surface area contributed by atoms with Crippen molar-refractivity contribution in [3.05, 3.63) is 65.3 Å². The van der Waals surface area contributed by atoms with Crippen molar-refractivity contribution < 1.29 is 19.1 Å². The Balaban J connectivity index is 0.00000480. The Hall–Kier alpha value is -5.04. The molecule has 0 radical (unpaired) electrons. The zero-order valence-corrected chi connectivity index (χ0v) is 32.6. The third-order valence-electron chi connectivity index (χ3n) is 11.4. The van der Waals surface area contributed by atoms with Gasteiger partial charge in [0.05, 0.1) is 52.2 Å². The third-order valence-corrected chi connectivity index (χ3v) is 11.7. The molecule has 294 valence electrons. The van der Waals surface area contributed by atoms with Crippen LogP contribution in [0.4, 0.5) is 16.4 Å². The fourth-order valence-electron chi connectivity index (χ4n) is 8.33. The number of urea groups is 1. The molecule has 3 saturated heterocycles. The van der Waals surface area contributed by atoms with E-state index in [0.29, 0.717) is 40.3 Å². The molecule has 3 aliphatic heterocycles. The standard InChI is InChI=1S/C39H44ClN11O4.ClH/c40-32-19-30(4-1-26(32)20-41)55-29-5-2-27(3-6-29)46-38(53)33-22-44-35(23-43-33)49-16-8-25(9-17-49)24-48-14-10-28(11-15-48)51-34-7-13-42-37(31(34)21-45-51)50-18-12-36(52)47-39(50)54;/h1,4,7,13,19,21-23,25,27-29H,2-3,5-6,8-12,14-18,24H2,(H,46,53)(H,47,52,54);1H/t27-,29-;. The summed E-state index contributed by atoms with van der Waals surface area (Å²) in [4.78, 5) is 57.1. The van der Waals surface area contributed by atoms with E-state index in [-0.39, 0.29) is 48.8 Å². The maximum atomic E-state index is 13.0. The van der Waals surface area contributed by atoms with Crippen molar-refractivity contribution in [3.63, 3.8) is 0 Å². The molecule has 8 rings (SSSR count). The molecule has 56 heavy (non-hydrogen) atoms. The normalized spacial score (nSPS) is 21.3. The predicted octanol–water partition coefficient (Wildman–Crippen LogP) is 5.29. The topological polar surface area (TPSA) is 174 Å². The van der Waals surface area contributed by atoms with E-state index in [9.17, 15) is 14.4 Å². The van der Waals surface area contributed by atoms with Gasteiger partial charge in [-0.25, -0.2) is 19.7 Å². The minimum absolute atomic E-state index is 0. The van der Waals surface area contributed by atoms with E-state index in [1.54, 1.807) is 43.0 Å². The van der Waals surface area contributed by atoms with Gasteiger partial charge in [0, 0.05) is 64.0 Å². The Labute approximate surface area is 336 Å². The molecule has 1 aromatic carbocycles. The molecule has 4 fully saturated rings. The number of rotatable bonds is 9. The van der Waals surface area contributed by atoms with Crippen molar-refractivity contribution in [1.29, 1.82) is 5.26 Å². The van der Waals surface area contributed by atoms with E-state index < -0.39 is 6.03 Å². The maximum absolute atomic E-state index is 13.0. The van der Waals surface area contributed by atoms with E-state index in [0.717, 1.165) is 101 Å². The number of carbonyl (C=O) groups excluding carboxylic acids is 3. The van der Waals surface area contributed by atoms with Gasteiger partial charge in [0.15, 0.2) is 0 Å². The molecule has 0 unspecified atom stereocenters. The van der Waals surface area contributed by atoms with Crippen LogP contribution >= 0.6 is 24.0 Å². The number of amides is 4. The fourth-order valence-corrected chi connectivity index (χ4v) is 8.54. The van der Waals surface area contributed by atoms with Gasteiger partial charge in [0.1, 0.15) is 29.1 Å². The highest BCUT2D eigenvalue weighted by Crippen LogP contribution is 2.32. The minimum atomic E-state index is -0.444. The van der Waals surface area contributed by atoms with E-state index in [2.05, 4.69) is 46.1 Å². The molecule has 6 heterocycles. The number of nitriles is 1. The highest BCUT2D eigenvalue weighted by Gasteiger charge is 2.30. The van der Waals surface area contributed by atoms with Crippen molar-refractivity contribution in [2.45, 2.75) is 76.0 Å². The first kappa shape index (κ1) is 39.2. The third kappa shape index (κ3) is 8.67. The van der Waals surface area contributed by atoms with Crippen molar-refractivity contribution in [1.82, 2.24) is 40.3 Å². The molecule has 2 N–H and O–H groups in total. The molecule has 3 aromatic heterocycles. The SMILES string of the molecule is Cl.N#Cc1ccc(O[C@H]2CC[C@H](NC(=O)c3cnc(N4CCC(CN5CCC(n6ncc7c(N8CCC(=O)NC8=O)nccc76)CC5)CC4)cn3)CC2)cc1Cl. The molecule has 0 bridgehead atoms. The van der Waals surface area contributed by atoms with Crippen molar-refractivity contribution in [2.75, 3.05) is 49.1 Å². The Morgan fingerprint density at radius 3 is 2.43 bits per heavy atom. The Morgan fingerprint density at radius 2 is 1.73 bits per heavy atom. The second kappa shape index (κ2) is 17.4. The van der Waals surface area contributed by atoms with E-state index in [1.165, 1.54) is 4.90 Å². The average molecular weight is 803 g/mol. The molecule has 0 spiro atoms. The molecule has 1 aliphatic carbocycles. The smallest absolute Gasteiger partial charge is 0.329 e. The van der Waals surface area contributed by atoms with Crippen molar-refractivity contribution >= 4 is 64.4 Å². The average Bonchev–Trinajstić information content (AvgIpc) is 3.64. The number of carbonyl (C=O) groups is 3. The molecule has 15 nitrogen and oxygen atoms in total. The second-order valence-corrected chi connectivity index (χ2v) is 15.4. The van der Waals surface area contributed by atoms with Gasteiger partial charge < -0.3 is 19.9 Å². The van der Waals surface area contributed by atoms with Crippen LogP contribution in [0.25, 0.3) is 10.9 Å². The lowest BCUT2D eigenvalue weighted by Gasteiger charge is -2.38. The van der Waals surface area contributed by atoms with Gasteiger partial charge in [-0.05, 0) is 75.5 Å². The fraction of sp³-hybridized carbons (Fsp3) is 0.487. The molecular weight excluding hydrogens is 757 g/mol. The first-order valence-corrected chi connectivity index (χ1v) is 19.6. The molecular formula is C39H45Cl2N11O4. The number of imide groups is 1. The number of fused-ring (bicyclic) bond motifs is 1. The summed E-state index contributed by atoms with van der Waals surface area (Å²) >= 11 is 6.15.